The smallest absolute Gasteiger partial charge is 0.192 e. The van der Waals surface area contributed by atoms with Gasteiger partial charge in [-0.1, -0.05) is 12.3 Å². The van der Waals surface area contributed by atoms with Gasteiger partial charge in [-0.3, -0.25) is 9.89 Å². The van der Waals surface area contributed by atoms with Gasteiger partial charge < -0.3 is 10.6 Å². The van der Waals surface area contributed by atoms with Gasteiger partial charge in [-0.25, -0.2) is 0 Å². The third kappa shape index (κ3) is 6.80. The summed E-state index contributed by atoms with van der Waals surface area (Å²) in [5, 5.41) is 6.35. The van der Waals surface area contributed by atoms with Crippen LogP contribution in [0.25, 0.3) is 0 Å². The predicted molar refractivity (Wildman–Crippen MR) is 97.7 cm³/mol. The first-order valence-electron chi connectivity index (χ1n) is 7.31. The van der Waals surface area contributed by atoms with Crippen LogP contribution >= 0.6 is 24.0 Å². The minimum atomic E-state index is 0. The molecule has 2 N–H and O–H groups in total. The number of hydrogen-bond acceptors (Lipinski definition) is 2. The highest BCUT2D eigenvalue weighted by atomic mass is 127. The Labute approximate surface area is 141 Å². The van der Waals surface area contributed by atoms with Gasteiger partial charge in [0, 0.05) is 12.1 Å². The van der Waals surface area contributed by atoms with Crippen LogP contribution in [0.1, 0.15) is 40.0 Å². The number of piperidine rings is 1. The summed E-state index contributed by atoms with van der Waals surface area (Å²) < 4.78 is 0. The molecule has 0 saturated carbocycles. The molecular formula is C15H29IN4. The Balaban J connectivity index is 0.00000361. The minimum Gasteiger partial charge on any atom is -0.357 e. The van der Waals surface area contributed by atoms with Crippen LogP contribution in [0.4, 0.5) is 0 Å². The Morgan fingerprint density at radius 3 is 2.45 bits per heavy atom. The van der Waals surface area contributed by atoms with Gasteiger partial charge in [0.1, 0.15) is 0 Å². The average Bonchev–Trinajstić information content (AvgIpc) is 2.43. The highest BCUT2D eigenvalue weighted by molar-refractivity contribution is 14.0. The van der Waals surface area contributed by atoms with E-state index in [2.05, 4.69) is 47.2 Å². The van der Waals surface area contributed by atoms with Gasteiger partial charge in [0.15, 0.2) is 5.96 Å². The van der Waals surface area contributed by atoms with E-state index in [1.165, 1.54) is 32.4 Å². The van der Waals surface area contributed by atoms with Crippen LogP contribution in [0.5, 0.6) is 0 Å². The lowest BCUT2D eigenvalue weighted by Crippen LogP contribution is -2.49. The van der Waals surface area contributed by atoms with Crippen molar-refractivity contribution < 1.29 is 0 Å². The fraction of sp³-hybridized carbons (Fsp3) is 0.800. The Morgan fingerprint density at radius 2 is 1.90 bits per heavy atom. The maximum Gasteiger partial charge on any atom is 0.192 e. The van der Waals surface area contributed by atoms with Crippen molar-refractivity contribution in [1.29, 1.82) is 0 Å². The van der Waals surface area contributed by atoms with Crippen LogP contribution in [0, 0.1) is 12.3 Å². The molecule has 0 aliphatic carbocycles. The van der Waals surface area contributed by atoms with Gasteiger partial charge in [-0.2, -0.15) is 0 Å². The van der Waals surface area contributed by atoms with Gasteiger partial charge in [0.05, 0.1) is 13.1 Å². The Bertz CT molecular complexity index is 327. The van der Waals surface area contributed by atoms with Gasteiger partial charge in [0.25, 0.3) is 0 Å². The van der Waals surface area contributed by atoms with E-state index < -0.39 is 0 Å². The molecule has 0 aromatic carbocycles. The normalized spacial score (nSPS) is 17.0. The van der Waals surface area contributed by atoms with Gasteiger partial charge in [0.2, 0.25) is 0 Å². The van der Waals surface area contributed by atoms with Crippen molar-refractivity contribution in [2.45, 2.75) is 45.6 Å². The highest BCUT2D eigenvalue weighted by Gasteiger charge is 2.27. The van der Waals surface area contributed by atoms with E-state index in [1.54, 1.807) is 0 Å². The van der Waals surface area contributed by atoms with Crippen molar-refractivity contribution in [2.24, 2.45) is 4.99 Å². The molecule has 0 spiro atoms. The average molecular weight is 392 g/mol. The summed E-state index contributed by atoms with van der Waals surface area (Å²) >= 11 is 0. The standard InChI is InChI=1S/C15H28N4.HI/c1-5-10-17-14(16-6-2)18-13-15(3,4)19-11-8-7-9-12-19;/h1H,6-13H2,2-4H3,(H2,16,17,18);1H. The molecular weight excluding hydrogens is 363 g/mol. The van der Waals surface area contributed by atoms with E-state index in [4.69, 9.17) is 6.42 Å². The first-order chi connectivity index (χ1) is 9.10. The van der Waals surface area contributed by atoms with E-state index in [0.717, 1.165) is 19.0 Å². The minimum absolute atomic E-state index is 0. The molecule has 1 aliphatic rings. The maximum atomic E-state index is 5.27. The molecule has 1 heterocycles. The number of aliphatic imine (C=N–C) groups is 1. The van der Waals surface area contributed by atoms with Gasteiger partial charge in [-0.15, -0.1) is 30.4 Å². The van der Waals surface area contributed by atoms with Crippen LogP contribution in [0.15, 0.2) is 4.99 Å². The fourth-order valence-electron chi connectivity index (χ4n) is 2.35. The Kier molecular flexibility index (Phi) is 10.0. The SMILES string of the molecule is C#CCNC(=NCC(C)(C)N1CCCCC1)NCC.I. The molecule has 116 valence electrons. The topological polar surface area (TPSA) is 39.7 Å². The first-order valence-corrected chi connectivity index (χ1v) is 7.31. The van der Waals surface area contributed by atoms with Crippen molar-refractivity contribution in [2.75, 3.05) is 32.7 Å². The monoisotopic (exact) mass is 392 g/mol. The largest absolute Gasteiger partial charge is 0.357 e. The number of nitrogens with zero attached hydrogens (tertiary/aromatic N) is 2. The Morgan fingerprint density at radius 1 is 1.25 bits per heavy atom. The van der Waals surface area contributed by atoms with E-state index >= 15 is 0 Å². The van der Waals surface area contributed by atoms with E-state index in [1.807, 2.05) is 0 Å². The quantitative estimate of drug-likeness (QED) is 0.326. The second-order valence-electron chi connectivity index (χ2n) is 5.61. The van der Waals surface area contributed by atoms with Crippen molar-refractivity contribution in [1.82, 2.24) is 15.5 Å². The van der Waals surface area contributed by atoms with E-state index in [0.29, 0.717) is 6.54 Å². The summed E-state index contributed by atoms with van der Waals surface area (Å²) in [4.78, 5) is 7.20. The van der Waals surface area contributed by atoms with E-state index in [9.17, 15) is 0 Å². The zero-order chi connectivity index (χ0) is 14.1. The van der Waals surface area contributed by atoms with Crippen molar-refractivity contribution >= 4 is 29.9 Å². The summed E-state index contributed by atoms with van der Waals surface area (Å²) in [7, 11) is 0. The van der Waals surface area contributed by atoms with Crippen LogP contribution in [-0.2, 0) is 0 Å². The molecule has 1 aliphatic heterocycles. The molecule has 0 aromatic heterocycles. The third-order valence-corrected chi connectivity index (χ3v) is 3.54. The molecule has 0 bridgehead atoms. The summed E-state index contributed by atoms with van der Waals surface area (Å²) in [6.07, 6.45) is 9.25. The molecule has 1 rings (SSSR count). The number of guanidine groups is 1. The number of halogens is 1. The molecule has 1 fully saturated rings. The summed E-state index contributed by atoms with van der Waals surface area (Å²) in [5.74, 6) is 3.39. The molecule has 0 amide bonds. The fourth-order valence-corrected chi connectivity index (χ4v) is 2.35. The van der Waals surface area contributed by atoms with Crippen LogP contribution in [0.3, 0.4) is 0 Å². The number of hydrogen-bond donors (Lipinski definition) is 2. The van der Waals surface area contributed by atoms with Crippen LogP contribution in [-0.4, -0.2) is 49.1 Å². The molecule has 0 atom stereocenters. The molecule has 1 saturated heterocycles. The molecule has 0 unspecified atom stereocenters. The number of likely N-dealkylation sites (tertiary alicyclic amines) is 1. The lowest BCUT2D eigenvalue weighted by Gasteiger charge is -2.40. The summed E-state index contributed by atoms with van der Waals surface area (Å²) in [6.45, 7) is 11.1. The zero-order valence-electron chi connectivity index (χ0n) is 13.0. The highest BCUT2D eigenvalue weighted by Crippen LogP contribution is 2.20. The van der Waals surface area contributed by atoms with E-state index in [-0.39, 0.29) is 29.5 Å². The lowest BCUT2D eigenvalue weighted by atomic mass is 9.99. The van der Waals surface area contributed by atoms with Crippen molar-refractivity contribution in [3.8, 4) is 12.3 Å². The number of terminal acetylenes is 1. The summed E-state index contributed by atoms with van der Waals surface area (Å²) in [6, 6.07) is 0. The molecule has 0 radical (unpaired) electrons. The van der Waals surface area contributed by atoms with Gasteiger partial charge >= 0.3 is 0 Å². The second-order valence-corrected chi connectivity index (χ2v) is 5.61. The van der Waals surface area contributed by atoms with Crippen LogP contribution < -0.4 is 10.6 Å². The molecule has 4 nitrogen and oxygen atoms in total. The lowest BCUT2D eigenvalue weighted by molar-refractivity contribution is 0.102. The maximum absolute atomic E-state index is 5.27. The number of rotatable bonds is 5. The molecule has 0 aromatic rings. The summed E-state index contributed by atoms with van der Waals surface area (Å²) in [5.41, 5.74) is 0.110. The van der Waals surface area contributed by atoms with Crippen molar-refractivity contribution in [3.63, 3.8) is 0 Å². The third-order valence-electron chi connectivity index (χ3n) is 3.54. The zero-order valence-corrected chi connectivity index (χ0v) is 15.4. The number of nitrogens with one attached hydrogen (secondary N) is 2. The first kappa shape index (κ1) is 19.5. The Hall–Kier alpha value is -0.480. The second kappa shape index (κ2) is 10.3. The van der Waals surface area contributed by atoms with Gasteiger partial charge in [-0.05, 0) is 46.7 Å². The molecule has 20 heavy (non-hydrogen) atoms. The molecule has 5 heteroatoms. The predicted octanol–water partition coefficient (Wildman–Crippen LogP) is 2.06. The van der Waals surface area contributed by atoms with Crippen molar-refractivity contribution in [3.05, 3.63) is 0 Å². The van der Waals surface area contributed by atoms with Crippen LogP contribution in [0.2, 0.25) is 0 Å².